The highest BCUT2D eigenvalue weighted by Gasteiger charge is 2.14. The number of nitrogens with one attached hydrogen (secondary N) is 1. The molecular formula is C19H22N4O7. The maximum atomic E-state index is 11.6. The molecule has 0 saturated heterocycles. The van der Waals surface area contributed by atoms with Crippen molar-refractivity contribution in [2.24, 2.45) is 0 Å². The van der Waals surface area contributed by atoms with E-state index in [2.05, 4.69) is 15.4 Å². The van der Waals surface area contributed by atoms with Gasteiger partial charge in [-0.1, -0.05) is 0 Å². The van der Waals surface area contributed by atoms with Gasteiger partial charge in [0.2, 0.25) is 11.6 Å². The van der Waals surface area contributed by atoms with Crippen LogP contribution < -0.4 is 24.3 Å². The summed E-state index contributed by atoms with van der Waals surface area (Å²) in [5.41, 5.74) is 1.30. The number of rotatable bonds is 9. The third-order valence-corrected chi connectivity index (χ3v) is 3.96. The van der Waals surface area contributed by atoms with Gasteiger partial charge in [-0.05, 0) is 23.8 Å². The number of aliphatic hydroxyl groups is 1. The van der Waals surface area contributed by atoms with Crippen LogP contribution in [0.25, 0.3) is 5.65 Å². The molecule has 11 nitrogen and oxygen atoms in total. The molecule has 160 valence electrons. The lowest BCUT2D eigenvalue weighted by atomic mass is 10.2. The molecule has 2 N–H and O–H groups in total. The number of fused-ring (bicyclic) bond motifs is 1. The van der Waals surface area contributed by atoms with Gasteiger partial charge in [-0.2, -0.15) is 0 Å². The molecule has 0 bridgehead atoms. The molecule has 30 heavy (non-hydrogen) atoms. The van der Waals surface area contributed by atoms with Gasteiger partial charge < -0.3 is 28.8 Å². The first-order chi connectivity index (χ1) is 14.6. The third kappa shape index (κ3) is 4.81. The minimum absolute atomic E-state index is 0.101. The van der Waals surface area contributed by atoms with E-state index in [4.69, 9.17) is 28.8 Å². The summed E-state index contributed by atoms with van der Waals surface area (Å²) >= 11 is 0. The topological polar surface area (TPSA) is 126 Å². The number of carbonyl (C=O) groups is 1. The maximum absolute atomic E-state index is 11.6. The van der Waals surface area contributed by atoms with E-state index in [9.17, 15) is 4.79 Å². The van der Waals surface area contributed by atoms with Gasteiger partial charge in [0.15, 0.2) is 23.0 Å². The molecule has 2 aromatic heterocycles. The quantitative estimate of drug-likeness (QED) is 0.535. The number of anilines is 1. The number of carbonyl (C=O) groups excluding carboxylic acids is 1. The van der Waals surface area contributed by atoms with Crippen molar-refractivity contribution in [3.05, 3.63) is 36.0 Å². The van der Waals surface area contributed by atoms with Crippen molar-refractivity contribution in [2.45, 2.75) is 6.61 Å². The van der Waals surface area contributed by atoms with Crippen LogP contribution in [0.15, 0.2) is 30.5 Å². The van der Waals surface area contributed by atoms with Gasteiger partial charge in [0.05, 0.1) is 34.1 Å². The Morgan fingerprint density at radius 3 is 2.50 bits per heavy atom. The molecule has 0 fully saturated rings. The van der Waals surface area contributed by atoms with Gasteiger partial charge in [-0.3, -0.25) is 5.32 Å². The lowest BCUT2D eigenvalue weighted by Crippen LogP contribution is -2.15. The Labute approximate surface area is 172 Å². The average molecular weight is 418 g/mol. The largest absolute Gasteiger partial charge is 0.493 e. The standard InChI is InChI=1S/C19H22N4O7/c1-26-13-8-12(9-14(27-2)18(13)28-3)11-30-17-5-4-16-20-15(10-23(16)22-17)21-19(25)29-7-6-24/h4-5,8-10,24H,6-7,11H2,1-3H3,(H,21,25). The van der Waals surface area contributed by atoms with E-state index in [-0.39, 0.29) is 25.6 Å². The Morgan fingerprint density at radius 2 is 1.87 bits per heavy atom. The fourth-order valence-electron chi connectivity index (χ4n) is 2.66. The molecule has 3 rings (SSSR count). The first kappa shape index (κ1) is 21.0. The lowest BCUT2D eigenvalue weighted by Gasteiger charge is -2.14. The van der Waals surface area contributed by atoms with E-state index in [1.54, 1.807) is 38.5 Å². The molecule has 0 aliphatic heterocycles. The lowest BCUT2D eigenvalue weighted by molar-refractivity contribution is 0.131. The minimum atomic E-state index is -0.716. The molecule has 1 aromatic carbocycles. The van der Waals surface area contributed by atoms with Gasteiger partial charge in [0.25, 0.3) is 0 Å². The Kier molecular flexibility index (Phi) is 6.75. The number of benzene rings is 1. The van der Waals surface area contributed by atoms with Crippen molar-refractivity contribution in [1.29, 1.82) is 0 Å². The van der Waals surface area contributed by atoms with Crippen LogP contribution in [0.3, 0.4) is 0 Å². The Hall–Kier alpha value is -3.73. The molecular weight excluding hydrogens is 396 g/mol. The summed E-state index contributed by atoms with van der Waals surface area (Å²) in [6.07, 6.45) is 0.799. The van der Waals surface area contributed by atoms with E-state index >= 15 is 0 Å². The number of amides is 1. The van der Waals surface area contributed by atoms with E-state index in [1.807, 2.05) is 0 Å². The first-order valence-electron chi connectivity index (χ1n) is 8.90. The van der Waals surface area contributed by atoms with Gasteiger partial charge >= 0.3 is 6.09 Å². The van der Waals surface area contributed by atoms with Gasteiger partial charge in [0, 0.05) is 6.07 Å². The van der Waals surface area contributed by atoms with Crippen molar-refractivity contribution >= 4 is 17.6 Å². The summed E-state index contributed by atoms with van der Waals surface area (Å²) in [5, 5.41) is 15.4. The van der Waals surface area contributed by atoms with Crippen LogP contribution >= 0.6 is 0 Å². The van der Waals surface area contributed by atoms with Crippen molar-refractivity contribution in [3.63, 3.8) is 0 Å². The van der Waals surface area contributed by atoms with Crippen LogP contribution in [0.5, 0.6) is 23.1 Å². The number of hydrogen-bond acceptors (Lipinski definition) is 9. The number of imidazole rings is 1. The van der Waals surface area contributed by atoms with E-state index < -0.39 is 6.09 Å². The van der Waals surface area contributed by atoms with E-state index in [0.29, 0.717) is 28.8 Å². The van der Waals surface area contributed by atoms with Crippen molar-refractivity contribution in [3.8, 4) is 23.1 Å². The summed E-state index contributed by atoms with van der Waals surface area (Å²) in [6, 6.07) is 6.93. The average Bonchev–Trinajstić information content (AvgIpc) is 3.16. The van der Waals surface area contributed by atoms with Crippen molar-refractivity contribution in [2.75, 3.05) is 39.9 Å². The molecule has 0 aliphatic rings. The van der Waals surface area contributed by atoms with Crippen LogP contribution in [0.1, 0.15) is 5.56 Å². The molecule has 0 spiro atoms. The van der Waals surface area contributed by atoms with E-state index in [0.717, 1.165) is 5.56 Å². The summed E-state index contributed by atoms with van der Waals surface area (Å²) in [7, 11) is 4.62. The zero-order chi connectivity index (χ0) is 21.5. The summed E-state index contributed by atoms with van der Waals surface area (Å²) < 4.78 is 28.0. The van der Waals surface area contributed by atoms with Gasteiger partial charge in [0.1, 0.15) is 13.2 Å². The second-order valence-electron chi connectivity index (χ2n) is 5.91. The summed E-state index contributed by atoms with van der Waals surface area (Å²) in [4.78, 5) is 15.8. The maximum Gasteiger partial charge on any atom is 0.412 e. The fraction of sp³-hybridized carbons (Fsp3) is 0.316. The number of ether oxygens (including phenoxy) is 5. The van der Waals surface area contributed by atoms with E-state index in [1.165, 1.54) is 17.8 Å². The monoisotopic (exact) mass is 418 g/mol. The number of aromatic nitrogens is 3. The van der Waals surface area contributed by atoms with Crippen LogP contribution in [0.4, 0.5) is 10.6 Å². The third-order valence-electron chi connectivity index (χ3n) is 3.96. The molecule has 0 atom stereocenters. The van der Waals surface area contributed by atoms with Crippen LogP contribution in [0.2, 0.25) is 0 Å². The van der Waals surface area contributed by atoms with Crippen molar-refractivity contribution < 1.29 is 33.6 Å². The summed E-state index contributed by atoms with van der Waals surface area (Å²) in [5.74, 6) is 2.16. The summed E-state index contributed by atoms with van der Waals surface area (Å²) in [6.45, 7) is -0.147. The molecule has 0 saturated carbocycles. The zero-order valence-corrected chi connectivity index (χ0v) is 16.7. The predicted octanol–water partition coefficient (Wildman–Crippen LogP) is 1.87. The second-order valence-corrected chi connectivity index (χ2v) is 5.91. The molecule has 0 aliphatic carbocycles. The fourth-order valence-corrected chi connectivity index (χ4v) is 2.66. The number of hydrogen-bond donors (Lipinski definition) is 2. The number of nitrogens with zero attached hydrogens (tertiary/aromatic N) is 3. The smallest absolute Gasteiger partial charge is 0.412 e. The SMILES string of the molecule is COc1cc(COc2ccc3nc(NC(=O)OCCO)cn3n2)cc(OC)c1OC. The van der Waals surface area contributed by atoms with Gasteiger partial charge in [-0.25, -0.2) is 14.3 Å². The highest BCUT2D eigenvalue weighted by atomic mass is 16.6. The molecule has 1 amide bonds. The molecule has 0 unspecified atom stereocenters. The number of aliphatic hydroxyl groups excluding tert-OH is 1. The molecule has 2 heterocycles. The zero-order valence-electron chi connectivity index (χ0n) is 16.7. The van der Waals surface area contributed by atoms with Crippen LogP contribution in [-0.2, 0) is 11.3 Å². The first-order valence-corrected chi connectivity index (χ1v) is 8.90. The minimum Gasteiger partial charge on any atom is -0.493 e. The molecule has 11 heteroatoms. The van der Waals surface area contributed by atoms with Crippen LogP contribution in [0, 0.1) is 0 Å². The van der Waals surface area contributed by atoms with Gasteiger partial charge in [-0.15, -0.1) is 5.10 Å². The molecule has 3 aromatic rings. The predicted molar refractivity (Wildman–Crippen MR) is 105 cm³/mol. The highest BCUT2D eigenvalue weighted by molar-refractivity contribution is 5.83. The van der Waals surface area contributed by atoms with Crippen LogP contribution in [-0.4, -0.2) is 60.3 Å². The Bertz CT molecular complexity index is 996. The molecule has 0 radical (unpaired) electrons. The van der Waals surface area contributed by atoms with Crippen molar-refractivity contribution in [1.82, 2.24) is 14.6 Å². The highest BCUT2D eigenvalue weighted by Crippen LogP contribution is 2.38. The number of methoxy groups -OCH3 is 3. The Morgan fingerprint density at radius 1 is 1.13 bits per heavy atom. The Balaban J connectivity index is 1.71. The second kappa shape index (κ2) is 9.65. The normalized spacial score (nSPS) is 10.5.